The van der Waals surface area contributed by atoms with Crippen molar-refractivity contribution in [1.82, 2.24) is 24.8 Å². The molecule has 6 nitrogen and oxygen atoms in total. The molecule has 1 N–H and O–H groups in total. The lowest BCUT2D eigenvalue weighted by Crippen LogP contribution is -2.51. The van der Waals surface area contributed by atoms with Gasteiger partial charge in [0.1, 0.15) is 5.69 Å². The van der Waals surface area contributed by atoms with E-state index in [9.17, 15) is 4.79 Å². The fraction of sp³-hybridized carbons (Fsp3) is 0.611. The van der Waals surface area contributed by atoms with Gasteiger partial charge in [-0.15, -0.1) is 0 Å². The largest absolute Gasteiger partial charge is 0.347 e. The second-order valence-electron chi connectivity index (χ2n) is 7.04. The van der Waals surface area contributed by atoms with Crippen LogP contribution in [0.25, 0.3) is 5.65 Å². The Bertz CT molecular complexity index is 706. The van der Waals surface area contributed by atoms with E-state index in [4.69, 9.17) is 0 Å². The van der Waals surface area contributed by atoms with Crippen LogP contribution in [0.3, 0.4) is 0 Å². The first-order valence-corrected chi connectivity index (χ1v) is 9.15. The summed E-state index contributed by atoms with van der Waals surface area (Å²) in [6, 6.07) is 4.63. The minimum Gasteiger partial charge on any atom is -0.347 e. The first kappa shape index (κ1) is 15.6. The highest BCUT2D eigenvalue weighted by Crippen LogP contribution is 2.25. The van der Waals surface area contributed by atoms with Gasteiger partial charge < -0.3 is 5.32 Å². The lowest BCUT2D eigenvalue weighted by molar-refractivity contribution is 0.0829. The van der Waals surface area contributed by atoms with Crippen LogP contribution in [0, 0.1) is 0 Å². The van der Waals surface area contributed by atoms with Crippen LogP contribution in [-0.4, -0.2) is 50.6 Å². The van der Waals surface area contributed by atoms with Gasteiger partial charge >= 0.3 is 0 Å². The van der Waals surface area contributed by atoms with E-state index in [0.717, 1.165) is 25.4 Å². The molecular weight excluding hydrogens is 302 g/mol. The number of amides is 1. The van der Waals surface area contributed by atoms with E-state index in [1.54, 1.807) is 16.9 Å². The summed E-state index contributed by atoms with van der Waals surface area (Å²) in [6.07, 6.45) is 12.2. The van der Waals surface area contributed by atoms with Crippen molar-refractivity contribution in [3.63, 3.8) is 0 Å². The molecule has 1 amide bonds. The van der Waals surface area contributed by atoms with Gasteiger partial charge in [-0.2, -0.15) is 5.10 Å². The Morgan fingerprint density at radius 2 is 2.04 bits per heavy atom. The Balaban J connectivity index is 1.41. The fourth-order valence-electron chi connectivity index (χ4n) is 4.15. The van der Waals surface area contributed by atoms with E-state index in [1.807, 2.05) is 12.1 Å². The summed E-state index contributed by atoms with van der Waals surface area (Å²) in [7, 11) is 0. The zero-order valence-corrected chi connectivity index (χ0v) is 14.0. The molecule has 4 rings (SSSR count). The molecule has 6 heteroatoms. The maximum absolute atomic E-state index is 12.6. The fourth-order valence-corrected chi connectivity index (χ4v) is 4.15. The van der Waals surface area contributed by atoms with Crippen molar-refractivity contribution in [1.29, 1.82) is 0 Å². The predicted octanol–water partition coefficient (Wildman–Crippen LogP) is 2.26. The van der Waals surface area contributed by atoms with Crippen LogP contribution >= 0.6 is 0 Å². The molecule has 0 unspecified atom stereocenters. The number of fused-ring (bicyclic) bond motifs is 1. The maximum atomic E-state index is 12.6. The minimum atomic E-state index is -0.0725. The number of imidazole rings is 1. The van der Waals surface area contributed by atoms with Gasteiger partial charge in [0.05, 0.1) is 6.20 Å². The third kappa shape index (κ3) is 3.15. The first-order chi connectivity index (χ1) is 11.8. The summed E-state index contributed by atoms with van der Waals surface area (Å²) < 4.78 is 1.61. The standard InChI is InChI=1S/C18H25N5O/c24-18(16-12-19-17-9-4-10-20-23(16)17)21-14-6-5-11-22(13-14)15-7-2-1-3-8-15/h4,9-10,12,14-15H,1-3,5-8,11,13H2,(H,21,24)/t14-/m0/s1. The van der Waals surface area contributed by atoms with Crippen molar-refractivity contribution in [3.05, 3.63) is 30.2 Å². The number of carbonyl (C=O) groups is 1. The quantitative estimate of drug-likeness (QED) is 0.939. The molecule has 2 aromatic heterocycles. The van der Waals surface area contributed by atoms with Crippen molar-refractivity contribution < 1.29 is 4.79 Å². The smallest absolute Gasteiger partial charge is 0.271 e. The highest BCUT2D eigenvalue weighted by molar-refractivity contribution is 5.93. The SMILES string of the molecule is O=C(N[C@H]1CCCN(C2CCCCC2)C1)c1cnc2cccnn12. The Kier molecular flexibility index (Phi) is 4.47. The second kappa shape index (κ2) is 6.89. The number of nitrogens with zero attached hydrogens (tertiary/aromatic N) is 4. The molecule has 24 heavy (non-hydrogen) atoms. The number of hydrogen-bond donors (Lipinski definition) is 1. The Morgan fingerprint density at radius 3 is 2.92 bits per heavy atom. The summed E-state index contributed by atoms with van der Waals surface area (Å²) in [5.74, 6) is -0.0725. The number of piperidine rings is 1. The lowest BCUT2D eigenvalue weighted by Gasteiger charge is -2.40. The number of nitrogens with one attached hydrogen (secondary N) is 1. The highest BCUT2D eigenvalue weighted by atomic mass is 16.2. The molecule has 0 spiro atoms. The molecule has 2 aromatic rings. The number of rotatable bonds is 3. The highest BCUT2D eigenvalue weighted by Gasteiger charge is 2.28. The molecule has 1 saturated carbocycles. The molecule has 1 saturated heterocycles. The Labute approximate surface area is 142 Å². The van der Waals surface area contributed by atoms with Crippen LogP contribution in [-0.2, 0) is 0 Å². The Hall–Kier alpha value is -1.95. The summed E-state index contributed by atoms with van der Waals surface area (Å²) in [5.41, 5.74) is 1.22. The monoisotopic (exact) mass is 327 g/mol. The molecule has 3 heterocycles. The molecule has 1 aliphatic heterocycles. The first-order valence-electron chi connectivity index (χ1n) is 9.15. The van der Waals surface area contributed by atoms with Gasteiger partial charge in [-0.1, -0.05) is 19.3 Å². The van der Waals surface area contributed by atoms with E-state index < -0.39 is 0 Å². The van der Waals surface area contributed by atoms with Gasteiger partial charge in [0.2, 0.25) is 0 Å². The zero-order chi connectivity index (χ0) is 16.4. The topological polar surface area (TPSA) is 62.5 Å². The van der Waals surface area contributed by atoms with Crippen LogP contribution in [0.5, 0.6) is 0 Å². The Morgan fingerprint density at radius 1 is 1.17 bits per heavy atom. The van der Waals surface area contributed by atoms with Crippen molar-refractivity contribution >= 4 is 11.6 Å². The predicted molar refractivity (Wildman–Crippen MR) is 91.9 cm³/mol. The zero-order valence-electron chi connectivity index (χ0n) is 14.0. The number of likely N-dealkylation sites (tertiary alicyclic amines) is 1. The molecule has 0 aromatic carbocycles. The summed E-state index contributed by atoms with van der Waals surface area (Å²) in [6.45, 7) is 2.15. The number of hydrogen-bond acceptors (Lipinski definition) is 4. The van der Waals surface area contributed by atoms with Crippen molar-refractivity contribution in [2.75, 3.05) is 13.1 Å². The number of carbonyl (C=O) groups excluding carboxylic acids is 1. The molecule has 0 radical (unpaired) electrons. The molecule has 1 aliphatic carbocycles. The maximum Gasteiger partial charge on any atom is 0.271 e. The summed E-state index contributed by atoms with van der Waals surface area (Å²) in [5, 5.41) is 7.43. The van der Waals surface area contributed by atoms with Crippen molar-refractivity contribution in [2.24, 2.45) is 0 Å². The minimum absolute atomic E-state index is 0.0725. The van der Waals surface area contributed by atoms with Gasteiger partial charge in [0.25, 0.3) is 5.91 Å². The molecule has 2 fully saturated rings. The van der Waals surface area contributed by atoms with Crippen LogP contribution in [0.1, 0.15) is 55.4 Å². The molecular formula is C18H25N5O. The van der Waals surface area contributed by atoms with Gasteiger partial charge in [-0.25, -0.2) is 9.50 Å². The van der Waals surface area contributed by atoms with Gasteiger partial charge in [-0.05, 0) is 44.4 Å². The van der Waals surface area contributed by atoms with Crippen molar-refractivity contribution in [2.45, 2.75) is 57.0 Å². The third-order valence-electron chi connectivity index (χ3n) is 5.39. The lowest BCUT2D eigenvalue weighted by atomic mass is 9.92. The molecule has 1 atom stereocenters. The van der Waals surface area contributed by atoms with E-state index in [-0.39, 0.29) is 11.9 Å². The van der Waals surface area contributed by atoms with Crippen LogP contribution in [0.4, 0.5) is 0 Å². The van der Waals surface area contributed by atoms with E-state index in [0.29, 0.717) is 11.3 Å². The average molecular weight is 327 g/mol. The van der Waals surface area contributed by atoms with E-state index in [2.05, 4.69) is 20.3 Å². The average Bonchev–Trinajstić information content (AvgIpc) is 3.07. The van der Waals surface area contributed by atoms with Crippen LogP contribution in [0.2, 0.25) is 0 Å². The van der Waals surface area contributed by atoms with E-state index >= 15 is 0 Å². The number of aromatic nitrogens is 3. The second-order valence-corrected chi connectivity index (χ2v) is 7.04. The summed E-state index contributed by atoms with van der Waals surface area (Å²) in [4.78, 5) is 19.5. The normalized spacial score (nSPS) is 23.4. The van der Waals surface area contributed by atoms with Crippen LogP contribution < -0.4 is 5.32 Å². The molecule has 2 aliphatic rings. The third-order valence-corrected chi connectivity index (χ3v) is 5.39. The van der Waals surface area contributed by atoms with Crippen LogP contribution in [0.15, 0.2) is 24.5 Å². The molecule has 0 bridgehead atoms. The summed E-state index contributed by atoms with van der Waals surface area (Å²) >= 11 is 0. The van der Waals surface area contributed by atoms with Gasteiger partial charge in [-0.3, -0.25) is 9.69 Å². The van der Waals surface area contributed by atoms with Crippen molar-refractivity contribution in [3.8, 4) is 0 Å². The molecule has 128 valence electrons. The van der Waals surface area contributed by atoms with Gasteiger partial charge in [0, 0.05) is 24.8 Å². The van der Waals surface area contributed by atoms with E-state index in [1.165, 1.54) is 38.6 Å². The van der Waals surface area contributed by atoms with Gasteiger partial charge in [0.15, 0.2) is 5.65 Å².